The number of aromatic nitrogens is 1. The van der Waals surface area contributed by atoms with E-state index in [9.17, 15) is 14.0 Å². The van der Waals surface area contributed by atoms with E-state index >= 15 is 0 Å². The van der Waals surface area contributed by atoms with Crippen LogP contribution in [0, 0.1) is 5.82 Å². The molecule has 1 aromatic heterocycles. The number of anilines is 1. The molecular formula is C31H33FN4O5S. The number of halogens is 1. The Bertz CT molecular complexity index is 1490. The number of methoxy groups -OCH3 is 1. The number of carbonyl (C=O) groups is 2. The van der Waals surface area contributed by atoms with Crippen LogP contribution in [0.5, 0.6) is 11.5 Å². The molecule has 0 unspecified atom stereocenters. The molecule has 1 aliphatic rings. The Labute approximate surface area is 249 Å². The fourth-order valence-electron chi connectivity index (χ4n) is 4.24. The van der Waals surface area contributed by atoms with E-state index in [0.717, 1.165) is 16.0 Å². The summed E-state index contributed by atoms with van der Waals surface area (Å²) in [5.41, 5.74) is 1.83. The van der Waals surface area contributed by atoms with E-state index in [1.807, 2.05) is 36.4 Å². The molecule has 0 aliphatic carbocycles. The maximum absolute atomic E-state index is 14.4. The number of hydrogen-bond donors (Lipinski definition) is 2. The molecule has 0 saturated carbocycles. The summed E-state index contributed by atoms with van der Waals surface area (Å²) in [6.45, 7) is 5.89. The van der Waals surface area contributed by atoms with Gasteiger partial charge in [-0.2, -0.15) is 0 Å². The molecule has 0 bridgehead atoms. The van der Waals surface area contributed by atoms with Gasteiger partial charge in [0.05, 0.1) is 24.6 Å². The topological polar surface area (TPSA) is 102 Å². The fraction of sp³-hybridized carbons (Fsp3) is 0.290. The molecule has 11 heteroatoms. The molecule has 220 valence electrons. The van der Waals surface area contributed by atoms with E-state index in [1.165, 1.54) is 19.2 Å². The Hall–Kier alpha value is -4.51. The second kappa shape index (κ2) is 13.4. The standard InChI is InChI=1S/C31H33FN4O5S/c1-31(2,3)41-30(38)36-16-14-23(26(29(36)37)28(42)35-24-12-8-11-22(32)27(24)39-4)34-17-21-13-15-33-18-25(21)40-19-20-9-6-5-7-10-20/h5-13,15,18,34H,14,16-17,19H2,1-4H3,(H,35,42). The van der Waals surface area contributed by atoms with Crippen LogP contribution in [0.25, 0.3) is 0 Å². The van der Waals surface area contributed by atoms with E-state index in [4.69, 9.17) is 26.4 Å². The molecular weight excluding hydrogens is 559 g/mol. The number of nitrogens with one attached hydrogen (secondary N) is 2. The number of carbonyl (C=O) groups excluding carboxylic acids is 2. The summed E-state index contributed by atoms with van der Waals surface area (Å²) in [4.78, 5) is 31.8. The minimum absolute atomic E-state index is 0.00469. The highest BCUT2D eigenvalue weighted by Crippen LogP contribution is 2.30. The number of amides is 2. The maximum Gasteiger partial charge on any atom is 0.417 e. The lowest BCUT2D eigenvalue weighted by molar-refractivity contribution is -0.126. The maximum atomic E-state index is 14.4. The summed E-state index contributed by atoms with van der Waals surface area (Å²) in [5, 5.41) is 6.23. The molecule has 2 amide bonds. The van der Waals surface area contributed by atoms with Crippen LogP contribution in [0.4, 0.5) is 14.9 Å². The van der Waals surface area contributed by atoms with E-state index in [0.29, 0.717) is 18.1 Å². The largest absolute Gasteiger partial charge is 0.492 e. The number of benzene rings is 2. The van der Waals surface area contributed by atoms with Crippen LogP contribution in [0.1, 0.15) is 38.3 Å². The average Bonchev–Trinajstić information content (AvgIpc) is 2.95. The predicted octanol–water partition coefficient (Wildman–Crippen LogP) is 5.76. The zero-order valence-corrected chi connectivity index (χ0v) is 24.7. The Morgan fingerprint density at radius 1 is 1.12 bits per heavy atom. The Morgan fingerprint density at radius 2 is 1.88 bits per heavy atom. The lowest BCUT2D eigenvalue weighted by atomic mass is 10.0. The first-order valence-corrected chi connectivity index (χ1v) is 13.7. The second-order valence-corrected chi connectivity index (χ2v) is 10.8. The van der Waals surface area contributed by atoms with Gasteiger partial charge in [0, 0.05) is 37.0 Å². The van der Waals surface area contributed by atoms with Gasteiger partial charge in [0.1, 0.15) is 22.9 Å². The van der Waals surface area contributed by atoms with Crippen LogP contribution in [0.15, 0.2) is 78.3 Å². The van der Waals surface area contributed by atoms with Gasteiger partial charge in [0.15, 0.2) is 11.6 Å². The summed E-state index contributed by atoms with van der Waals surface area (Å²) < 4.78 is 31.0. The molecule has 0 radical (unpaired) electrons. The first-order chi connectivity index (χ1) is 20.1. The van der Waals surface area contributed by atoms with E-state index in [-0.39, 0.29) is 41.5 Å². The molecule has 0 atom stereocenters. The lowest BCUT2D eigenvalue weighted by Crippen LogP contribution is -2.47. The van der Waals surface area contributed by atoms with Crippen LogP contribution in [-0.4, -0.2) is 46.1 Å². The van der Waals surface area contributed by atoms with Crippen molar-refractivity contribution in [1.82, 2.24) is 15.2 Å². The Balaban J connectivity index is 1.61. The number of thiocarbonyl (C=S) groups is 1. The third kappa shape index (κ3) is 7.61. The van der Waals surface area contributed by atoms with Crippen molar-refractivity contribution in [2.75, 3.05) is 19.0 Å². The molecule has 9 nitrogen and oxygen atoms in total. The van der Waals surface area contributed by atoms with Crippen molar-refractivity contribution in [2.24, 2.45) is 0 Å². The summed E-state index contributed by atoms with van der Waals surface area (Å²) in [6, 6.07) is 15.9. The van der Waals surface area contributed by atoms with Crippen molar-refractivity contribution in [3.63, 3.8) is 0 Å². The summed E-state index contributed by atoms with van der Waals surface area (Å²) in [5.74, 6) is -0.706. The van der Waals surface area contributed by atoms with Gasteiger partial charge in [0.25, 0.3) is 5.91 Å². The minimum Gasteiger partial charge on any atom is -0.492 e. The van der Waals surface area contributed by atoms with Crippen LogP contribution >= 0.6 is 12.2 Å². The van der Waals surface area contributed by atoms with Gasteiger partial charge >= 0.3 is 6.09 Å². The first-order valence-electron chi connectivity index (χ1n) is 13.3. The van der Waals surface area contributed by atoms with Crippen molar-refractivity contribution >= 4 is 34.9 Å². The summed E-state index contributed by atoms with van der Waals surface area (Å²) in [6.07, 6.45) is 2.79. The number of nitrogens with zero attached hydrogens (tertiary/aromatic N) is 2. The van der Waals surface area contributed by atoms with Crippen molar-refractivity contribution in [3.8, 4) is 11.5 Å². The van der Waals surface area contributed by atoms with Crippen LogP contribution in [0.2, 0.25) is 0 Å². The lowest BCUT2D eigenvalue weighted by Gasteiger charge is -2.31. The average molecular weight is 593 g/mol. The zero-order chi connectivity index (χ0) is 30.3. The van der Waals surface area contributed by atoms with Crippen molar-refractivity contribution < 1.29 is 28.2 Å². The highest BCUT2D eigenvalue weighted by Gasteiger charge is 2.36. The summed E-state index contributed by atoms with van der Waals surface area (Å²) >= 11 is 5.64. The van der Waals surface area contributed by atoms with Gasteiger partial charge in [0.2, 0.25) is 0 Å². The van der Waals surface area contributed by atoms with Gasteiger partial charge in [-0.3, -0.25) is 9.78 Å². The Kier molecular flexibility index (Phi) is 9.74. The predicted molar refractivity (Wildman–Crippen MR) is 161 cm³/mol. The second-order valence-electron chi connectivity index (χ2n) is 10.4. The molecule has 42 heavy (non-hydrogen) atoms. The van der Waals surface area contributed by atoms with Gasteiger partial charge in [-0.25, -0.2) is 14.1 Å². The van der Waals surface area contributed by atoms with Crippen LogP contribution in [-0.2, 0) is 22.7 Å². The molecule has 2 aromatic carbocycles. The zero-order valence-electron chi connectivity index (χ0n) is 23.9. The highest BCUT2D eigenvalue weighted by molar-refractivity contribution is 7.81. The smallest absolute Gasteiger partial charge is 0.417 e. The minimum atomic E-state index is -0.801. The van der Waals surface area contributed by atoms with E-state index in [2.05, 4.69) is 15.6 Å². The molecule has 3 aromatic rings. The summed E-state index contributed by atoms with van der Waals surface area (Å²) in [7, 11) is 1.33. The number of rotatable bonds is 9. The van der Waals surface area contributed by atoms with Crippen LogP contribution < -0.4 is 20.1 Å². The third-order valence-electron chi connectivity index (χ3n) is 6.21. The van der Waals surface area contributed by atoms with Gasteiger partial charge < -0.3 is 24.8 Å². The third-order valence-corrected chi connectivity index (χ3v) is 6.51. The van der Waals surface area contributed by atoms with Crippen LogP contribution in [0.3, 0.4) is 0 Å². The monoisotopic (exact) mass is 592 g/mol. The molecule has 0 spiro atoms. The molecule has 4 rings (SSSR count). The fourth-order valence-corrected chi connectivity index (χ4v) is 4.56. The number of ether oxygens (including phenoxy) is 3. The number of hydrogen-bond acceptors (Lipinski definition) is 8. The van der Waals surface area contributed by atoms with Crippen molar-refractivity contribution in [2.45, 2.75) is 45.9 Å². The quantitative estimate of drug-likeness (QED) is 0.300. The molecule has 1 aliphatic heterocycles. The molecule has 0 saturated heterocycles. The Morgan fingerprint density at radius 3 is 2.60 bits per heavy atom. The highest BCUT2D eigenvalue weighted by atomic mass is 32.1. The first kappa shape index (κ1) is 30.4. The van der Waals surface area contributed by atoms with Crippen molar-refractivity contribution in [3.05, 3.63) is 95.2 Å². The van der Waals surface area contributed by atoms with Gasteiger partial charge in [-0.15, -0.1) is 0 Å². The van der Waals surface area contributed by atoms with Gasteiger partial charge in [-0.05, 0) is 44.5 Å². The van der Waals surface area contributed by atoms with E-state index < -0.39 is 23.4 Å². The molecule has 2 N–H and O–H groups in total. The van der Waals surface area contributed by atoms with Crippen molar-refractivity contribution in [1.29, 1.82) is 0 Å². The normalized spacial score (nSPS) is 13.5. The number of pyridine rings is 1. The SMILES string of the molecule is COc1c(F)cccc1NC(=S)C1=C(NCc2ccncc2OCc2ccccc2)CCN(C(=O)OC(C)(C)C)C1=O. The number of para-hydroxylation sites is 1. The number of imide groups is 1. The molecule has 0 fully saturated rings. The van der Waals surface area contributed by atoms with E-state index in [1.54, 1.807) is 39.2 Å². The van der Waals surface area contributed by atoms with Gasteiger partial charge in [-0.1, -0.05) is 48.6 Å². The molecule has 2 heterocycles.